The summed E-state index contributed by atoms with van der Waals surface area (Å²) in [5, 5.41) is 88.5. The van der Waals surface area contributed by atoms with E-state index in [1.54, 1.807) is 0 Å². The van der Waals surface area contributed by atoms with Crippen LogP contribution in [0.3, 0.4) is 0 Å². The van der Waals surface area contributed by atoms with Crippen molar-refractivity contribution in [2.75, 3.05) is 46.1 Å². The van der Waals surface area contributed by atoms with Gasteiger partial charge in [-0.15, -0.1) is 0 Å². The topological polar surface area (TPSA) is 357 Å². The molecule has 10 N–H and O–H groups in total. The molecule has 0 bridgehead atoms. The van der Waals surface area contributed by atoms with E-state index in [0.29, 0.717) is 12.8 Å². The third-order valence-corrected chi connectivity index (χ3v) is 16.4. The number of amides is 1. The second-order valence-corrected chi connectivity index (χ2v) is 24.3. The number of likely N-dealkylation sites (tertiary alicyclic amines) is 1. The van der Waals surface area contributed by atoms with Crippen molar-refractivity contribution in [3.63, 3.8) is 0 Å². The molecule has 14 atom stereocenters. The number of aliphatic hydroxyl groups excluding tert-OH is 8. The van der Waals surface area contributed by atoms with Crippen LogP contribution in [0.25, 0.3) is 0 Å². The summed E-state index contributed by atoms with van der Waals surface area (Å²) < 4.78 is 77.3. The largest absolute Gasteiger partial charge is 0.462 e. The van der Waals surface area contributed by atoms with Gasteiger partial charge in [-0.25, -0.2) is 8.98 Å². The lowest BCUT2D eigenvalue weighted by Gasteiger charge is -2.50. The molecule has 25 heteroatoms. The number of nitrogens with zero attached hydrogens (tertiary/aromatic N) is 1. The maximum atomic E-state index is 13.3. The van der Waals surface area contributed by atoms with Gasteiger partial charge in [0.05, 0.1) is 31.5 Å². The van der Waals surface area contributed by atoms with E-state index in [-0.39, 0.29) is 52.1 Å². The predicted octanol–water partition coefficient (Wildman–Crippen LogP) is 5.90. The minimum atomic E-state index is -5.32. The van der Waals surface area contributed by atoms with Crippen LogP contribution in [0.5, 0.6) is 0 Å². The van der Waals surface area contributed by atoms with Crippen LogP contribution in [0.2, 0.25) is 0 Å². The summed E-state index contributed by atoms with van der Waals surface area (Å²) in [6.45, 7) is 3.04. The lowest BCUT2D eigenvalue weighted by molar-refractivity contribution is -0.354. The third kappa shape index (κ3) is 31.2. The van der Waals surface area contributed by atoms with Crippen molar-refractivity contribution >= 4 is 28.4 Å². The average molecular weight is 1260 g/mol. The molecular formula is C61H110N2O22S. The molecule has 24 nitrogen and oxygen atoms in total. The van der Waals surface area contributed by atoms with Gasteiger partial charge in [-0.2, -0.15) is 8.42 Å². The van der Waals surface area contributed by atoms with Crippen molar-refractivity contribution in [2.45, 2.75) is 299 Å². The zero-order valence-electron chi connectivity index (χ0n) is 51.6. The van der Waals surface area contributed by atoms with Gasteiger partial charge >= 0.3 is 28.4 Å². The second-order valence-electron chi connectivity index (χ2n) is 23.2. The monoisotopic (exact) mass is 1250 g/mol. The summed E-state index contributed by atoms with van der Waals surface area (Å²) in [7, 11) is -5.32. The number of hydrogen-bond acceptors (Lipinski definition) is 22. The Bertz CT molecular complexity index is 1920. The molecule has 0 radical (unpaired) electrons. The summed E-state index contributed by atoms with van der Waals surface area (Å²) in [5.74, 6) is -0.966. The number of ether oxygens (including phenoxy) is 7. The summed E-state index contributed by atoms with van der Waals surface area (Å²) >= 11 is 0. The van der Waals surface area contributed by atoms with E-state index in [1.807, 2.05) is 0 Å². The Hall–Kier alpha value is -2.96. The molecule has 3 rings (SSSR count). The van der Waals surface area contributed by atoms with Crippen molar-refractivity contribution in [2.24, 2.45) is 0 Å². The van der Waals surface area contributed by atoms with Gasteiger partial charge in [-0.1, -0.05) is 141 Å². The van der Waals surface area contributed by atoms with Gasteiger partial charge in [0.15, 0.2) is 18.7 Å². The van der Waals surface area contributed by atoms with Crippen LogP contribution in [0, 0.1) is 0 Å². The first-order valence-corrected chi connectivity index (χ1v) is 33.6. The molecule has 502 valence electrons. The lowest BCUT2D eigenvalue weighted by Crippen LogP contribution is -2.68. The van der Waals surface area contributed by atoms with E-state index >= 15 is 0 Å². The smallest absolute Gasteiger partial charge is 0.407 e. The fourth-order valence-electron chi connectivity index (χ4n) is 10.8. The van der Waals surface area contributed by atoms with Crippen LogP contribution >= 0.6 is 0 Å². The number of unbranched alkanes of at least 4 members (excludes halogenated alkanes) is 22. The highest BCUT2D eigenvalue weighted by atomic mass is 32.3. The van der Waals surface area contributed by atoms with E-state index < -0.39 is 134 Å². The quantitative estimate of drug-likeness (QED) is 0.0111. The van der Waals surface area contributed by atoms with Gasteiger partial charge in [0.25, 0.3) is 0 Å². The fourth-order valence-corrected chi connectivity index (χ4v) is 11.3. The maximum absolute atomic E-state index is 13.3. The van der Waals surface area contributed by atoms with Gasteiger partial charge in [0.2, 0.25) is 0 Å². The first kappa shape index (κ1) is 77.3. The van der Waals surface area contributed by atoms with Crippen molar-refractivity contribution in [1.82, 2.24) is 10.2 Å². The maximum Gasteiger partial charge on any atom is 0.407 e. The normalized spacial score (nSPS) is 27.5. The Balaban J connectivity index is 1.58. The molecule has 0 aromatic carbocycles. The number of allylic oxidation sites excluding steroid dienone is 4. The number of carbonyl (C=O) groups is 3. The zero-order valence-corrected chi connectivity index (χ0v) is 52.4. The molecule has 3 aliphatic heterocycles. The van der Waals surface area contributed by atoms with Crippen LogP contribution in [0.4, 0.5) is 4.79 Å². The Labute approximate surface area is 511 Å². The van der Waals surface area contributed by atoms with E-state index in [9.17, 15) is 68.2 Å². The molecule has 0 unspecified atom stereocenters. The highest BCUT2D eigenvalue weighted by molar-refractivity contribution is 7.80. The Kier molecular flexibility index (Phi) is 40.7. The Morgan fingerprint density at radius 1 is 0.570 bits per heavy atom. The van der Waals surface area contributed by atoms with Crippen molar-refractivity contribution < 1.29 is 106 Å². The van der Waals surface area contributed by atoms with E-state index in [0.717, 1.165) is 77.0 Å². The number of aliphatic hydroxyl groups is 8. The molecule has 3 saturated heterocycles. The highest BCUT2D eigenvalue weighted by Gasteiger charge is 2.54. The molecule has 0 aromatic rings. The van der Waals surface area contributed by atoms with Gasteiger partial charge in [0.1, 0.15) is 68.1 Å². The number of carbonyl (C=O) groups excluding carboxylic acids is 3. The molecule has 3 heterocycles. The minimum absolute atomic E-state index is 0.00551. The number of esters is 2. The number of β-amino-alcohol motifs (C(OH)–C–C–N with tert-alkyl or cyclic N) is 1. The number of hydrogen-bond donors (Lipinski definition) is 10. The predicted molar refractivity (Wildman–Crippen MR) is 318 cm³/mol. The van der Waals surface area contributed by atoms with Gasteiger partial charge in [-0.05, 0) is 77.6 Å². The summed E-state index contributed by atoms with van der Waals surface area (Å²) in [5.41, 5.74) is 0. The lowest BCUT2D eigenvalue weighted by atomic mass is 9.92. The van der Waals surface area contributed by atoms with Crippen LogP contribution in [0.15, 0.2) is 24.3 Å². The molecule has 3 aliphatic rings. The molecule has 3 fully saturated rings. The van der Waals surface area contributed by atoms with Crippen molar-refractivity contribution in [3.8, 4) is 0 Å². The minimum Gasteiger partial charge on any atom is -0.462 e. The molecule has 86 heavy (non-hydrogen) atoms. The summed E-state index contributed by atoms with van der Waals surface area (Å²) in [4.78, 5) is 40.5. The van der Waals surface area contributed by atoms with Crippen molar-refractivity contribution in [3.05, 3.63) is 24.3 Å². The van der Waals surface area contributed by atoms with E-state index in [4.69, 9.17) is 33.2 Å². The standard InChI is InChI=1S/C61H110N2O22S/c1-4-6-8-10-12-14-16-18-20-22-24-26-28-30-32-35-49(67)78-42-45(43-79-50(68)36-33-31-29-27-25-23-21-19-17-15-13-11-9-7-5-2)81-61(74)62-37-34-38-63-39-47(66)57(84-59-54(72)53(71)51(69)44(3)80-59)56(46(63)40-64)83-60-55(73)58(85-86(75,76)77)52(70)48(41-65)82-60/h18-21,44-48,51-60,64-66,69-73H,4-17,22-43H2,1-3H3,(H,62,74)(H,75,76,77)/b20-18-,21-19-/t44-,46+,47-,48+,51+,52-,53+,54-,55+,56+,57+,58-,59-,60-/m0/s1. The van der Waals surface area contributed by atoms with Gasteiger partial charge in [0, 0.05) is 32.5 Å². The third-order valence-electron chi connectivity index (χ3n) is 15.9. The van der Waals surface area contributed by atoms with Crippen LogP contribution in [-0.2, 0) is 57.3 Å². The fraction of sp³-hybridized carbons (Fsp3) is 0.885. The average Bonchev–Trinajstić information content (AvgIpc) is 1.02. The zero-order chi connectivity index (χ0) is 63.1. The number of alkyl carbamates (subject to hydrolysis) is 1. The Morgan fingerprint density at radius 3 is 1.51 bits per heavy atom. The van der Waals surface area contributed by atoms with E-state index in [2.05, 4.69) is 47.7 Å². The molecule has 0 aromatic heterocycles. The van der Waals surface area contributed by atoms with E-state index in [1.165, 1.54) is 88.9 Å². The first-order chi connectivity index (χ1) is 41.3. The van der Waals surface area contributed by atoms with Gasteiger partial charge < -0.3 is 79.3 Å². The summed E-state index contributed by atoms with van der Waals surface area (Å²) in [6.07, 6.45) is 13.5. The van der Waals surface area contributed by atoms with Crippen LogP contribution in [-0.4, -0.2) is 215 Å². The highest BCUT2D eigenvalue weighted by Crippen LogP contribution is 2.34. The SMILES string of the molecule is CCCCCCCC/C=C\CCCCCCCC(=O)OCC(COC(=O)CCCCCCC/C=C\CCCCCCCC)OC(=O)NCCCN1C[C@H](O)[C@@H](O[C@@H]2O[C@@H](C)[C@@H](O)[C@@H](O)[C@@H]2O)[C@H](O[C@@H]2O[C@H](CO)[C@H](O)[C@H](OS(=O)(=O)O)[C@H]2O)[C@H]1CO. The van der Waals surface area contributed by atoms with Crippen LogP contribution < -0.4 is 5.32 Å². The molecule has 0 saturated carbocycles. The molecule has 0 spiro atoms. The number of piperidine rings is 1. The first-order valence-electron chi connectivity index (χ1n) is 32.2. The number of rotatable bonds is 47. The second kappa shape index (κ2) is 45.3. The van der Waals surface area contributed by atoms with Crippen LogP contribution in [0.1, 0.15) is 207 Å². The molecular weight excluding hydrogens is 1140 g/mol. The van der Waals surface area contributed by atoms with Crippen molar-refractivity contribution in [1.29, 1.82) is 0 Å². The Morgan fingerprint density at radius 2 is 1.03 bits per heavy atom. The van der Waals surface area contributed by atoms with Gasteiger partial charge in [-0.3, -0.25) is 19.0 Å². The summed E-state index contributed by atoms with van der Waals surface area (Å²) in [6, 6.07) is -1.20. The number of nitrogens with one attached hydrogen (secondary N) is 1. The molecule has 1 amide bonds. The molecule has 0 aliphatic carbocycles.